The normalized spacial score (nSPS) is 17.3. The number of likely N-dealkylation sites (tertiary alicyclic amines) is 1. The fraction of sp³-hybridized carbons (Fsp3) is 0.375. The van der Waals surface area contributed by atoms with Gasteiger partial charge >= 0.3 is 0 Å². The third-order valence-corrected chi connectivity index (χ3v) is 5.69. The maximum Gasteiger partial charge on any atom is 0.0972 e. The van der Waals surface area contributed by atoms with Gasteiger partial charge in [0.05, 0.1) is 11.4 Å². The number of rotatable bonds is 6. The van der Waals surface area contributed by atoms with Crippen LogP contribution in [0.5, 0.6) is 0 Å². The van der Waals surface area contributed by atoms with Crippen LogP contribution in [-0.4, -0.2) is 41.4 Å². The van der Waals surface area contributed by atoms with Crippen LogP contribution in [0.1, 0.15) is 23.1 Å². The van der Waals surface area contributed by atoms with E-state index in [1.165, 1.54) is 41.8 Å². The van der Waals surface area contributed by atoms with E-state index in [1.54, 1.807) is 0 Å². The molecule has 1 unspecified atom stereocenters. The molecule has 2 aromatic carbocycles. The number of hydrogen-bond acceptors (Lipinski definition) is 3. The van der Waals surface area contributed by atoms with Crippen LogP contribution in [0.2, 0.25) is 0 Å². The summed E-state index contributed by atoms with van der Waals surface area (Å²) in [4.78, 5) is 2.42. The Balaban J connectivity index is 1.60. The third-order valence-electron chi connectivity index (χ3n) is 5.69. The lowest BCUT2D eigenvalue weighted by molar-refractivity contribution is 0.388. The predicted molar refractivity (Wildman–Crippen MR) is 116 cm³/mol. The lowest BCUT2D eigenvalue weighted by Crippen LogP contribution is -2.24. The van der Waals surface area contributed by atoms with Gasteiger partial charge in [-0.1, -0.05) is 42.5 Å². The van der Waals surface area contributed by atoms with Gasteiger partial charge in [0.1, 0.15) is 0 Å². The zero-order chi connectivity index (χ0) is 19.5. The number of nitrogens with zero attached hydrogens (tertiary/aromatic N) is 3. The van der Waals surface area contributed by atoms with Crippen molar-refractivity contribution in [3.05, 3.63) is 71.4 Å². The summed E-state index contributed by atoms with van der Waals surface area (Å²) in [5.74, 6) is 0.749. The molecule has 0 bridgehead atoms. The molecule has 4 heteroatoms. The molecule has 4 rings (SSSR count). The summed E-state index contributed by atoms with van der Waals surface area (Å²) in [5.41, 5.74) is 7.13. The van der Waals surface area contributed by atoms with Gasteiger partial charge in [0, 0.05) is 30.4 Å². The molecule has 2 heterocycles. The SMILES string of the molecule is Cc1ccc(C)c(-n2cc(CNCC3CCN(C)C3)c(-c3ccccc3)n2)c1. The van der Waals surface area contributed by atoms with Gasteiger partial charge in [-0.3, -0.25) is 0 Å². The highest BCUT2D eigenvalue weighted by Gasteiger charge is 2.19. The van der Waals surface area contributed by atoms with Crippen molar-refractivity contribution in [2.24, 2.45) is 5.92 Å². The fourth-order valence-corrected chi connectivity index (χ4v) is 4.07. The molecule has 0 amide bonds. The van der Waals surface area contributed by atoms with E-state index in [2.05, 4.69) is 85.8 Å². The van der Waals surface area contributed by atoms with Gasteiger partial charge in [-0.2, -0.15) is 5.10 Å². The molecule has 0 aliphatic carbocycles. The van der Waals surface area contributed by atoms with E-state index in [0.29, 0.717) is 0 Å². The van der Waals surface area contributed by atoms with E-state index >= 15 is 0 Å². The van der Waals surface area contributed by atoms with E-state index in [-0.39, 0.29) is 0 Å². The van der Waals surface area contributed by atoms with Gasteiger partial charge in [0.25, 0.3) is 0 Å². The smallest absolute Gasteiger partial charge is 0.0972 e. The van der Waals surface area contributed by atoms with E-state index in [0.717, 1.165) is 30.4 Å². The minimum absolute atomic E-state index is 0.749. The first kappa shape index (κ1) is 18.9. The van der Waals surface area contributed by atoms with Crippen molar-refractivity contribution in [1.29, 1.82) is 0 Å². The van der Waals surface area contributed by atoms with E-state index in [4.69, 9.17) is 5.10 Å². The molecule has 1 saturated heterocycles. The molecule has 0 radical (unpaired) electrons. The molecule has 28 heavy (non-hydrogen) atoms. The first-order valence-electron chi connectivity index (χ1n) is 10.2. The predicted octanol–water partition coefficient (Wildman–Crippen LogP) is 4.20. The minimum atomic E-state index is 0.749. The molecule has 1 atom stereocenters. The maximum atomic E-state index is 4.98. The molecule has 1 fully saturated rings. The van der Waals surface area contributed by atoms with Gasteiger partial charge in [-0.25, -0.2) is 4.68 Å². The third kappa shape index (κ3) is 4.18. The van der Waals surface area contributed by atoms with Crippen LogP contribution in [0.15, 0.2) is 54.7 Å². The number of aryl methyl sites for hydroxylation is 2. The lowest BCUT2D eigenvalue weighted by Gasteiger charge is -2.11. The topological polar surface area (TPSA) is 33.1 Å². The Bertz CT molecular complexity index is 929. The number of aromatic nitrogens is 2. The molecule has 1 N–H and O–H groups in total. The standard InChI is InChI=1S/C24H30N4/c1-18-9-10-19(2)23(13-18)28-17-22(15-25-14-20-11-12-27(3)16-20)24(26-28)21-7-5-4-6-8-21/h4-10,13,17,20,25H,11-12,14-16H2,1-3H3. The second kappa shape index (κ2) is 8.29. The Morgan fingerprint density at radius 3 is 2.68 bits per heavy atom. The summed E-state index contributed by atoms with van der Waals surface area (Å²) in [5, 5.41) is 8.67. The molecule has 1 aliphatic heterocycles. The Morgan fingerprint density at radius 1 is 1.11 bits per heavy atom. The van der Waals surface area contributed by atoms with Crippen molar-refractivity contribution in [1.82, 2.24) is 20.0 Å². The van der Waals surface area contributed by atoms with Crippen molar-refractivity contribution in [3.8, 4) is 16.9 Å². The Morgan fingerprint density at radius 2 is 1.93 bits per heavy atom. The molecule has 4 nitrogen and oxygen atoms in total. The quantitative estimate of drug-likeness (QED) is 0.702. The van der Waals surface area contributed by atoms with Crippen molar-refractivity contribution in [3.63, 3.8) is 0 Å². The van der Waals surface area contributed by atoms with Gasteiger partial charge in [-0.15, -0.1) is 0 Å². The van der Waals surface area contributed by atoms with Crippen LogP contribution in [-0.2, 0) is 6.54 Å². The van der Waals surface area contributed by atoms with E-state index in [9.17, 15) is 0 Å². The molecule has 1 aliphatic rings. The number of nitrogens with one attached hydrogen (secondary N) is 1. The largest absolute Gasteiger partial charge is 0.312 e. The van der Waals surface area contributed by atoms with Crippen LogP contribution in [0.3, 0.4) is 0 Å². The monoisotopic (exact) mass is 374 g/mol. The molecular weight excluding hydrogens is 344 g/mol. The Kier molecular flexibility index (Phi) is 5.60. The van der Waals surface area contributed by atoms with Gasteiger partial charge < -0.3 is 10.2 Å². The van der Waals surface area contributed by atoms with E-state index in [1.807, 2.05) is 4.68 Å². The summed E-state index contributed by atoms with van der Waals surface area (Å²) in [6.07, 6.45) is 3.48. The first-order valence-corrected chi connectivity index (χ1v) is 10.2. The first-order chi connectivity index (χ1) is 13.6. The maximum absolute atomic E-state index is 4.98. The number of hydrogen-bond donors (Lipinski definition) is 1. The molecule has 1 aromatic heterocycles. The summed E-state index contributed by atoms with van der Waals surface area (Å²) >= 11 is 0. The van der Waals surface area contributed by atoms with Gasteiger partial charge in [0.15, 0.2) is 0 Å². The summed E-state index contributed by atoms with van der Waals surface area (Å²) in [6.45, 7) is 8.59. The second-order valence-electron chi connectivity index (χ2n) is 8.15. The average Bonchev–Trinajstić information content (AvgIpc) is 3.31. The number of benzene rings is 2. The van der Waals surface area contributed by atoms with Crippen molar-refractivity contribution in [2.45, 2.75) is 26.8 Å². The van der Waals surface area contributed by atoms with Crippen molar-refractivity contribution < 1.29 is 0 Å². The van der Waals surface area contributed by atoms with Crippen molar-refractivity contribution >= 4 is 0 Å². The molecule has 0 saturated carbocycles. The lowest BCUT2D eigenvalue weighted by atomic mass is 10.1. The highest BCUT2D eigenvalue weighted by Crippen LogP contribution is 2.25. The molecule has 3 aromatic rings. The molecular formula is C24H30N4. The highest BCUT2D eigenvalue weighted by atomic mass is 15.3. The highest BCUT2D eigenvalue weighted by molar-refractivity contribution is 5.63. The van der Waals surface area contributed by atoms with Crippen LogP contribution < -0.4 is 5.32 Å². The average molecular weight is 375 g/mol. The van der Waals surface area contributed by atoms with Crippen molar-refractivity contribution in [2.75, 3.05) is 26.7 Å². The van der Waals surface area contributed by atoms with Gasteiger partial charge in [0.2, 0.25) is 0 Å². The van der Waals surface area contributed by atoms with E-state index < -0.39 is 0 Å². The minimum Gasteiger partial charge on any atom is -0.312 e. The fourth-order valence-electron chi connectivity index (χ4n) is 4.07. The molecule has 0 spiro atoms. The second-order valence-corrected chi connectivity index (χ2v) is 8.15. The zero-order valence-corrected chi connectivity index (χ0v) is 17.2. The summed E-state index contributed by atoms with van der Waals surface area (Å²) in [6, 6.07) is 17.0. The summed E-state index contributed by atoms with van der Waals surface area (Å²) < 4.78 is 2.05. The van der Waals surface area contributed by atoms with Crippen LogP contribution in [0.4, 0.5) is 0 Å². The molecule has 146 valence electrons. The zero-order valence-electron chi connectivity index (χ0n) is 17.2. The Labute approximate surface area is 168 Å². The van der Waals surface area contributed by atoms with Gasteiger partial charge in [-0.05, 0) is 63.5 Å². The van der Waals surface area contributed by atoms with Crippen LogP contribution in [0, 0.1) is 19.8 Å². The van der Waals surface area contributed by atoms with Crippen LogP contribution >= 0.6 is 0 Å². The summed E-state index contributed by atoms with van der Waals surface area (Å²) in [7, 11) is 2.21. The Hall–Kier alpha value is -2.43. The van der Waals surface area contributed by atoms with Crippen LogP contribution in [0.25, 0.3) is 16.9 Å².